The number of aliphatic carboxylic acids is 1. The lowest BCUT2D eigenvalue weighted by atomic mass is 10.3. The second-order valence-electron chi connectivity index (χ2n) is 3.09. The summed E-state index contributed by atoms with van der Waals surface area (Å²) >= 11 is 0. The molecule has 0 aliphatic carbocycles. The van der Waals surface area contributed by atoms with Crippen LogP contribution in [0.25, 0.3) is 0 Å². The molecule has 2 N–H and O–H groups in total. The van der Waals surface area contributed by atoms with Crippen molar-refractivity contribution in [2.75, 3.05) is 5.32 Å². The Labute approximate surface area is 98.9 Å². The fraction of sp³-hybridized carbons (Fsp3) is 0.100. The molecular weight excluding hydrogens is 253 g/mol. The molecule has 0 fully saturated rings. The van der Waals surface area contributed by atoms with Crippen LogP contribution >= 0.6 is 0 Å². The van der Waals surface area contributed by atoms with E-state index in [1.807, 2.05) is 0 Å². The maximum Gasteiger partial charge on any atom is 0.433 e. The van der Waals surface area contributed by atoms with Gasteiger partial charge in [0.15, 0.2) is 0 Å². The van der Waals surface area contributed by atoms with Gasteiger partial charge in [0.25, 0.3) is 0 Å². The number of alkyl halides is 3. The number of halogens is 3. The van der Waals surface area contributed by atoms with Crippen LogP contribution in [0.15, 0.2) is 30.5 Å². The number of carboxylic acids is 1. The highest BCUT2D eigenvalue weighted by Gasteiger charge is 2.31. The molecule has 0 bridgehead atoms. The number of carboxylic acid groups (broad SMARTS) is 1. The molecule has 0 aliphatic rings. The molecule has 1 rings (SSSR count). The van der Waals surface area contributed by atoms with Gasteiger partial charge < -0.3 is 10.4 Å². The Bertz CT molecular complexity index is 480. The molecule has 0 unspecified atom stereocenters. The zero-order valence-electron chi connectivity index (χ0n) is 8.73. The summed E-state index contributed by atoms with van der Waals surface area (Å²) in [4.78, 5) is 24.3. The van der Waals surface area contributed by atoms with E-state index in [-0.39, 0.29) is 5.69 Å². The van der Waals surface area contributed by atoms with Crippen LogP contribution in [0.4, 0.5) is 18.9 Å². The Morgan fingerprint density at radius 3 is 2.39 bits per heavy atom. The third-order valence-electron chi connectivity index (χ3n) is 1.70. The lowest BCUT2D eigenvalue weighted by Gasteiger charge is -2.06. The molecule has 1 aromatic heterocycles. The number of rotatable bonds is 3. The number of nitrogens with zero attached hydrogens (tertiary/aromatic N) is 1. The topological polar surface area (TPSA) is 79.3 Å². The number of hydrogen-bond acceptors (Lipinski definition) is 3. The van der Waals surface area contributed by atoms with E-state index in [1.165, 1.54) is 0 Å². The molecule has 0 saturated carbocycles. The van der Waals surface area contributed by atoms with Crippen LogP contribution in [0.3, 0.4) is 0 Å². The molecule has 1 heterocycles. The van der Waals surface area contributed by atoms with Crippen molar-refractivity contribution in [1.82, 2.24) is 4.98 Å². The zero-order chi connectivity index (χ0) is 13.8. The van der Waals surface area contributed by atoms with Gasteiger partial charge in [-0.3, -0.25) is 4.79 Å². The summed E-state index contributed by atoms with van der Waals surface area (Å²) < 4.78 is 36.5. The van der Waals surface area contributed by atoms with Crippen molar-refractivity contribution in [3.05, 3.63) is 36.2 Å². The first kappa shape index (κ1) is 13.7. The third kappa shape index (κ3) is 4.24. The Hall–Kier alpha value is -2.38. The summed E-state index contributed by atoms with van der Waals surface area (Å²) in [5, 5.41) is 10.4. The fourth-order valence-electron chi connectivity index (χ4n) is 0.966. The fourth-order valence-corrected chi connectivity index (χ4v) is 0.966. The molecule has 96 valence electrons. The van der Waals surface area contributed by atoms with E-state index in [9.17, 15) is 22.8 Å². The highest BCUT2D eigenvalue weighted by atomic mass is 19.4. The number of pyridine rings is 1. The Morgan fingerprint density at radius 1 is 1.28 bits per heavy atom. The molecule has 18 heavy (non-hydrogen) atoms. The Morgan fingerprint density at radius 2 is 1.94 bits per heavy atom. The van der Waals surface area contributed by atoms with Crippen molar-refractivity contribution in [1.29, 1.82) is 0 Å². The van der Waals surface area contributed by atoms with Gasteiger partial charge in [-0.1, -0.05) is 0 Å². The number of aromatic nitrogens is 1. The van der Waals surface area contributed by atoms with Crippen LogP contribution in [-0.2, 0) is 15.8 Å². The van der Waals surface area contributed by atoms with Gasteiger partial charge in [-0.15, -0.1) is 0 Å². The molecule has 1 aromatic rings. The molecule has 8 heteroatoms. The van der Waals surface area contributed by atoms with E-state index in [0.29, 0.717) is 12.1 Å². The number of anilines is 1. The van der Waals surface area contributed by atoms with Crippen LogP contribution in [0.1, 0.15) is 5.69 Å². The molecular formula is C10H7F3N2O3. The first-order chi connectivity index (χ1) is 8.29. The summed E-state index contributed by atoms with van der Waals surface area (Å²) in [6.45, 7) is 0. The van der Waals surface area contributed by atoms with E-state index in [4.69, 9.17) is 5.11 Å². The van der Waals surface area contributed by atoms with E-state index in [0.717, 1.165) is 18.3 Å². The van der Waals surface area contributed by atoms with Crippen LogP contribution in [0.2, 0.25) is 0 Å². The molecule has 0 atom stereocenters. The van der Waals surface area contributed by atoms with Crippen LogP contribution in [0, 0.1) is 0 Å². The quantitative estimate of drug-likeness (QED) is 0.810. The molecule has 0 spiro atoms. The number of hydrogen-bond donors (Lipinski definition) is 2. The highest BCUT2D eigenvalue weighted by molar-refractivity contribution is 6.02. The van der Waals surface area contributed by atoms with Crippen molar-refractivity contribution < 1.29 is 27.9 Å². The minimum atomic E-state index is -4.55. The van der Waals surface area contributed by atoms with Crippen LogP contribution in [-0.4, -0.2) is 22.0 Å². The summed E-state index contributed by atoms with van der Waals surface area (Å²) in [6, 6.07) is 1.72. The lowest BCUT2D eigenvalue weighted by Crippen LogP contribution is -2.11. The van der Waals surface area contributed by atoms with Crippen LogP contribution in [0.5, 0.6) is 0 Å². The number of nitrogens with one attached hydrogen (secondary N) is 1. The van der Waals surface area contributed by atoms with Gasteiger partial charge >= 0.3 is 12.1 Å². The van der Waals surface area contributed by atoms with Gasteiger partial charge in [-0.25, -0.2) is 9.78 Å². The van der Waals surface area contributed by atoms with Gasteiger partial charge in [-0.2, -0.15) is 13.2 Å². The average Bonchev–Trinajstić information content (AvgIpc) is 2.26. The van der Waals surface area contributed by atoms with Crippen molar-refractivity contribution in [2.45, 2.75) is 6.18 Å². The van der Waals surface area contributed by atoms with E-state index >= 15 is 0 Å². The SMILES string of the molecule is O=C(O)/C=C/C(=O)Nc1ccc(C(F)(F)F)nc1. The minimum absolute atomic E-state index is 0.0306. The molecule has 0 aromatic carbocycles. The normalized spacial score (nSPS) is 11.5. The monoisotopic (exact) mass is 260 g/mol. The predicted molar refractivity (Wildman–Crippen MR) is 54.6 cm³/mol. The standard InChI is InChI=1S/C10H7F3N2O3/c11-10(12,13)7-2-1-6(5-14-7)15-8(16)3-4-9(17)18/h1-5H,(H,15,16)(H,17,18)/b4-3+. The maximum atomic E-state index is 12.2. The molecule has 0 radical (unpaired) electrons. The van der Waals surface area contributed by atoms with Gasteiger partial charge in [0, 0.05) is 12.2 Å². The lowest BCUT2D eigenvalue weighted by molar-refractivity contribution is -0.141. The smallest absolute Gasteiger partial charge is 0.433 e. The largest absolute Gasteiger partial charge is 0.478 e. The molecule has 0 saturated heterocycles. The van der Waals surface area contributed by atoms with E-state index in [1.54, 1.807) is 0 Å². The van der Waals surface area contributed by atoms with Crippen molar-refractivity contribution in [3.63, 3.8) is 0 Å². The van der Waals surface area contributed by atoms with Crippen molar-refractivity contribution in [2.24, 2.45) is 0 Å². The van der Waals surface area contributed by atoms with Gasteiger partial charge in [0.1, 0.15) is 5.69 Å². The summed E-state index contributed by atoms with van der Waals surface area (Å²) in [5.74, 6) is -2.09. The number of amides is 1. The molecule has 5 nitrogen and oxygen atoms in total. The van der Waals surface area contributed by atoms with Crippen molar-refractivity contribution >= 4 is 17.6 Å². The summed E-state index contributed by atoms with van der Waals surface area (Å²) in [6.07, 6.45) is -2.38. The van der Waals surface area contributed by atoms with Crippen LogP contribution < -0.4 is 5.32 Å². The molecule has 0 aliphatic heterocycles. The summed E-state index contributed by atoms with van der Waals surface area (Å²) in [5.41, 5.74) is -1.05. The Balaban J connectivity index is 2.70. The van der Waals surface area contributed by atoms with Gasteiger partial charge in [0.2, 0.25) is 5.91 Å². The highest BCUT2D eigenvalue weighted by Crippen LogP contribution is 2.27. The minimum Gasteiger partial charge on any atom is -0.478 e. The second kappa shape index (κ2) is 5.30. The summed E-state index contributed by atoms with van der Waals surface area (Å²) in [7, 11) is 0. The average molecular weight is 260 g/mol. The van der Waals surface area contributed by atoms with Gasteiger partial charge in [-0.05, 0) is 12.1 Å². The first-order valence-corrected chi connectivity index (χ1v) is 4.54. The number of carbonyl (C=O) groups is 2. The van der Waals surface area contributed by atoms with E-state index < -0.39 is 23.7 Å². The maximum absolute atomic E-state index is 12.2. The second-order valence-corrected chi connectivity index (χ2v) is 3.09. The van der Waals surface area contributed by atoms with Crippen molar-refractivity contribution in [3.8, 4) is 0 Å². The predicted octanol–water partition coefficient (Wildman–Crippen LogP) is 1.68. The third-order valence-corrected chi connectivity index (χ3v) is 1.70. The number of carbonyl (C=O) groups excluding carboxylic acids is 1. The van der Waals surface area contributed by atoms with Gasteiger partial charge in [0.05, 0.1) is 11.9 Å². The van der Waals surface area contributed by atoms with E-state index in [2.05, 4.69) is 10.3 Å². The zero-order valence-corrected chi connectivity index (χ0v) is 8.73. The Kier molecular flexibility index (Phi) is 4.03. The first-order valence-electron chi connectivity index (χ1n) is 4.54. The molecule has 1 amide bonds.